The largest absolute Gasteiger partial charge is 0.493 e. The highest BCUT2D eigenvalue weighted by molar-refractivity contribution is 5.97. The Kier molecular flexibility index (Phi) is 9.16. The molecule has 1 atom stereocenters. The molecule has 9 nitrogen and oxygen atoms in total. The van der Waals surface area contributed by atoms with Crippen molar-refractivity contribution in [2.24, 2.45) is 11.8 Å². The summed E-state index contributed by atoms with van der Waals surface area (Å²) in [6, 6.07) is 3.18. The number of benzene rings is 1. The van der Waals surface area contributed by atoms with Crippen molar-refractivity contribution in [2.45, 2.75) is 39.7 Å². The highest BCUT2D eigenvalue weighted by Gasteiger charge is 2.28. The zero-order valence-electron chi connectivity index (χ0n) is 19.8. The Labute approximate surface area is 189 Å². The molecule has 0 bridgehead atoms. The average molecular weight is 450 g/mol. The summed E-state index contributed by atoms with van der Waals surface area (Å²) < 4.78 is 15.8. The van der Waals surface area contributed by atoms with Gasteiger partial charge in [-0.15, -0.1) is 0 Å². The fourth-order valence-electron chi connectivity index (χ4n) is 3.48. The molecule has 32 heavy (non-hydrogen) atoms. The molecular formula is C23H35N3O6. The summed E-state index contributed by atoms with van der Waals surface area (Å²) in [4.78, 5) is 39.2. The summed E-state index contributed by atoms with van der Waals surface area (Å²) in [6.07, 6.45) is 1.23. The highest BCUT2D eigenvalue weighted by Crippen LogP contribution is 2.38. The second kappa shape index (κ2) is 11.6. The van der Waals surface area contributed by atoms with Crippen molar-refractivity contribution in [3.63, 3.8) is 0 Å². The van der Waals surface area contributed by atoms with Crippen LogP contribution in [0, 0.1) is 11.8 Å². The number of amides is 3. The molecule has 1 fully saturated rings. The van der Waals surface area contributed by atoms with E-state index in [2.05, 4.69) is 24.5 Å². The molecule has 2 rings (SSSR count). The van der Waals surface area contributed by atoms with Crippen LogP contribution < -0.4 is 24.8 Å². The summed E-state index contributed by atoms with van der Waals surface area (Å²) in [5.41, 5.74) is 0.293. The van der Waals surface area contributed by atoms with Crippen LogP contribution in [0.1, 0.15) is 44.0 Å². The molecular weight excluding hydrogens is 414 g/mol. The maximum atomic E-state index is 12.6. The van der Waals surface area contributed by atoms with Crippen molar-refractivity contribution in [3.05, 3.63) is 17.7 Å². The first-order chi connectivity index (χ1) is 15.2. The lowest BCUT2D eigenvalue weighted by molar-refractivity contribution is -0.135. The van der Waals surface area contributed by atoms with E-state index in [0.717, 1.165) is 0 Å². The predicted octanol–water partition coefficient (Wildman–Crippen LogP) is 1.84. The summed E-state index contributed by atoms with van der Waals surface area (Å²) in [5, 5.41) is 5.70. The maximum Gasteiger partial charge on any atom is 0.251 e. The van der Waals surface area contributed by atoms with E-state index in [1.54, 1.807) is 4.90 Å². The van der Waals surface area contributed by atoms with Crippen LogP contribution in [-0.2, 0) is 9.59 Å². The minimum absolute atomic E-state index is 0.0500. The molecule has 1 aliphatic heterocycles. The van der Waals surface area contributed by atoms with Crippen molar-refractivity contribution in [1.82, 2.24) is 15.5 Å². The minimum atomic E-state index is -0.422. The van der Waals surface area contributed by atoms with Crippen LogP contribution >= 0.6 is 0 Å². The molecule has 1 aliphatic rings. The van der Waals surface area contributed by atoms with E-state index in [9.17, 15) is 14.4 Å². The van der Waals surface area contributed by atoms with E-state index >= 15 is 0 Å². The Morgan fingerprint density at radius 2 is 1.56 bits per heavy atom. The monoisotopic (exact) mass is 449 g/mol. The molecule has 178 valence electrons. The average Bonchev–Trinajstić information content (AvgIpc) is 2.80. The van der Waals surface area contributed by atoms with Gasteiger partial charge in [0.05, 0.1) is 27.9 Å². The molecule has 1 unspecified atom stereocenters. The van der Waals surface area contributed by atoms with Gasteiger partial charge in [0.2, 0.25) is 17.6 Å². The fourth-order valence-corrected chi connectivity index (χ4v) is 3.48. The number of nitrogens with one attached hydrogen (secondary N) is 2. The molecule has 0 aliphatic carbocycles. The Morgan fingerprint density at radius 3 is 2.03 bits per heavy atom. The van der Waals surface area contributed by atoms with Crippen LogP contribution in [0.15, 0.2) is 12.1 Å². The standard InChI is InChI=1S/C23H35N3O6/c1-14(2)15(3)25-23(29)16-7-9-26(10-8-16)20(27)13-24-22(28)17-11-18(30-4)21(32-6)19(12-17)31-5/h11-12,14-16H,7-10,13H2,1-6H3,(H,24,28)(H,25,29). The Balaban J connectivity index is 1.88. The first-order valence-electron chi connectivity index (χ1n) is 10.9. The van der Waals surface area contributed by atoms with Gasteiger partial charge in [-0.1, -0.05) is 13.8 Å². The van der Waals surface area contributed by atoms with Crippen molar-refractivity contribution in [2.75, 3.05) is 41.0 Å². The lowest BCUT2D eigenvalue weighted by atomic mass is 9.94. The second-order valence-electron chi connectivity index (χ2n) is 8.29. The third-order valence-corrected chi connectivity index (χ3v) is 5.92. The van der Waals surface area contributed by atoms with Crippen LogP contribution in [-0.4, -0.2) is 69.6 Å². The number of methoxy groups -OCH3 is 3. The van der Waals surface area contributed by atoms with Gasteiger partial charge >= 0.3 is 0 Å². The Hall–Kier alpha value is -2.97. The van der Waals surface area contributed by atoms with Gasteiger partial charge in [0, 0.05) is 30.6 Å². The van der Waals surface area contributed by atoms with Crippen LogP contribution in [0.4, 0.5) is 0 Å². The molecule has 1 aromatic rings. The van der Waals surface area contributed by atoms with E-state index in [1.807, 2.05) is 6.92 Å². The molecule has 3 amide bonds. The van der Waals surface area contributed by atoms with Gasteiger partial charge in [-0.3, -0.25) is 14.4 Å². The van der Waals surface area contributed by atoms with Crippen molar-refractivity contribution < 1.29 is 28.6 Å². The van der Waals surface area contributed by atoms with E-state index in [1.165, 1.54) is 33.5 Å². The second-order valence-corrected chi connectivity index (χ2v) is 8.29. The lowest BCUT2D eigenvalue weighted by Crippen LogP contribution is -2.47. The third kappa shape index (κ3) is 6.27. The quantitative estimate of drug-likeness (QED) is 0.596. The van der Waals surface area contributed by atoms with Gasteiger partial charge in [-0.05, 0) is 37.8 Å². The molecule has 0 radical (unpaired) electrons. The molecule has 1 heterocycles. The number of nitrogens with zero attached hydrogens (tertiary/aromatic N) is 1. The molecule has 0 spiro atoms. The molecule has 0 saturated carbocycles. The molecule has 0 aromatic heterocycles. The number of hydrogen-bond donors (Lipinski definition) is 2. The van der Waals surface area contributed by atoms with E-state index in [-0.39, 0.29) is 30.3 Å². The van der Waals surface area contributed by atoms with Gasteiger partial charge in [0.15, 0.2) is 11.5 Å². The predicted molar refractivity (Wildman–Crippen MR) is 120 cm³/mol. The molecule has 1 aromatic carbocycles. The number of piperidine rings is 1. The summed E-state index contributed by atoms with van der Waals surface area (Å²) in [7, 11) is 4.42. The van der Waals surface area contributed by atoms with Gasteiger partial charge < -0.3 is 29.7 Å². The van der Waals surface area contributed by atoms with Crippen LogP contribution in [0.3, 0.4) is 0 Å². The van der Waals surface area contributed by atoms with Gasteiger partial charge in [0.1, 0.15) is 0 Å². The molecule has 9 heteroatoms. The third-order valence-electron chi connectivity index (χ3n) is 5.92. The number of likely N-dealkylation sites (tertiary alicyclic amines) is 1. The van der Waals surface area contributed by atoms with Crippen LogP contribution in [0.25, 0.3) is 0 Å². The summed E-state index contributed by atoms with van der Waals surface area (Å²) in [6.45, 7) is 6.99. The fraction of sp³-hybridized carbons (Fsp3) is 0.609. The lowest BCUT2D eigenvalue weighted by Gasteiger charge is -2.32. The zero-order valence-corrected chi connectivity index (χ0v) is 19.8. The highest BCUT2D eigenvalue weighted by atomic mass is 16.5. The smallest absolute Gasteiger partial charge is 0.251 e. The molecule has 1 saturated heterocycles. The van der Waals surface area contributed by atoms with Crippen molar-refractivity contribution >= 4 is 17.7 Å². The maximum absolute atomic E-state index is 12.6. The number of carbonyl (C=O) groups excluding carboxylic acids is 3. The summed E-state index contributed by atoms with van der Waals surface area (Å²) in [5.74, 6) is 0.830. The number of hydrogen-bond acceptors (Lipinski definition) is 6. The van der Waals surface area contributed by atoms with E-state index in [0.29, 0.717) is 54.7 Å². The molecule has 2 N–H and O–H groups in total. The zero-order chi connectivity index (χ0) is 23.8. The topological polar surface area (TPSA) is 106 Å². The van der Waals surface area contributed by atoms with Crippen LogP contribution in [0.5, 0.6) is 17.2 Å². The SMILES string of the molecule is COc1cc(C(=O)NCC(=O)N2CCC(C(=O)NC(C)C(C)C)CC2)cc(OC)c1OC. The minimum Gasteiger partial charge on any atom is -0.493 e. The Morgan fingerprint density at radius 1 is 1.00 bits per heavy atom. The van der Waals surface area contributed by atoms with Crippen LogP contribution in [0.2, 0.25) is 0 Å². The van der Waals surface area contributed by atoms with Gasteiger partial charge in [0.25, 0.3) is 5.91 Å². The van der Waals surface area contributed by atoms with Gasteiger partial charge in [-0.2, -0.15) is 0 Å². The van der Waals surface area contributed by atoms with Crippen molar-refractivity contribution in [1.29, 1.82) is 0 Å². The van der Waals surface area contributed by atoms with E-state index < -0.39 is 5.91 Å². The Bertz CT molecular complexity index is 793. The number of carbonyl (C=O) groups is 3. The first-order valence-corrected chi connectivity index (χ1v) is 10.9. The first kappa shape index (κ1) is 25.3. The normalized spacial score (nSPS) is 15.2. The van der Waals surface area contributed by atoms with E-state index in [4.69, 9.17) is 14.2 Å². The van der Waals surface area contributed by atoms with Gasteiger partial charge in [-0.25, -0.2) is 0 Å². The summed E-state index contributed by atoms with van der Waals surface area (Å²) >= 11 is 0. The number of ether oxygens (including phenoxy) is 3. The van der Waals surface area contributed by atoms with Crippen molar-refractivity contribution in [3.8, 4) is 17.2 Å². The number of rotatable bonds is 9.